The van der Waals surface area contributed by atoms with Gasteiger partial charge in [0.2, 0.25) is 5.60 Å². The number of aliphatic carboxylic acids is 2. The number of nitrogen functional groups attached to an aromatic ring is 1. The molecule has 15 heteroatoms. The Kier molecular flexibility index (Phi) is 8.13. The van der Waals surface area contributed by atoms with Crippen molar-refractivity contribution in [2.45, 2.75) is 49.6 Å². The Bertz CT molecular complexity index is 1340. The highest BCUT2D eigenvalue weighted by Gasteiger charge is 2.49. The minimum Gasteiger partial charge on any atom is -0.478 e. The summed E-state index contributed by atoms with van der Waals surface area (Å²) in [6.07, 6.45) is 2.62. The van der Waals surface area contributed by atoms with Crippen LogP contribution in [0.3, 0.4) is 0 Å². The molecular formula is C24H29N6O7S2+. The molecule has 0 radical (unpaired) electrons. The standard InChI is InChI=1S/C24H28N6O7S2/c1-12-14(10-38-13-5-7-29(4)8-6-13)18(21(32)33)30-9-15(20(30)36-12)26-19(31)17(16-11-39-23(25)27-16)28-37-24(2,3)22(34)35/h5-8,11-12,15,20H,9-10H2,1-4H3,(H4-,25,26,27,31,32,33,34,35)/p+1/b28-17-/t12-,15+,20+/m0/s1. The van der Waals surface area contributed by atoms with Gasteiger partial charge in [0.25, 0.3) is 5.91 Å². The van der Waals surface area contributed by atoms with Crippen LogP contribution < -0.4 is 15.6 Å². The van der Waals surface area contributed by atoms with Crippen LogP contribution in [0.4, 0.5) is 5.13 Å². The predicted molar refractivity (Wildman–Crippen MR) is 142 cm³/mol. The largest absolute Gasteiger partial charge is 0.478 e. The molecule has 0 spiro atoms. The van der Waals surface area contributed by atoms with E-state index in [1.807, 2.05) is 36.1 Å². The van der Waals surface area contributed by atoms with E-state index >= 15 is 0 Å². The molecule has 2 aromatic rings. The lowest BCUT2D eigenvalue weighted by molar-refractivity contribution is -0.671. The van der Waals surface area contributed by atoms with Gasteiger partial charge in [0.1, 0.15) is 18.4 Å². The van der Waals surface area contributed by atoms with Gasteiger partial charge in [-0.15, -0.1) is 23.1 Å². The average Bonchev–Trinajstić information content (AvgIpc) is 3.29. The number of carbonyl (C=O) groups excluding carboxylic acids is 1. The average molecular weight is 578 g/mol. The van der Waals surface area contributed by atoms with Crippen LogP contribution >= 0.6 is 23.1 Å². The molecule has 2 aliphatic rings. The highest BCUT2D eigenvalue weighted by molar-refractivity contribution is 7.99. The molecule has 0 aromatic carbocycles. The summed E-state index contributed by atoms with van der Waals surface area (Å²) in [5, 5.41) is 27.6. The number of carboxylic acid groups (broad SMARTS) is 2. The molecule has 5 N–H and O–H groups in total. The molecule has 208 valence electrons. The maximum Gasteiger partial charge on any atom is 0.352 e. The number of carboxylic acids is 2. The van der Waals surface area contributed by atoms with Gasteiger partial charge in [-0.3, -0.25) is 4.79 Å². The zero-order valence-corrected chi connectivity index (χ0v) is 23.3. The topological polar surface area (TPSA) is 181 Å². The zero-order valence-electron chi connectivity index (χ0n) is 21.7. The summed E-state index contributed by atoms with van der Waals surface area (Å²) in [6.45, 7) is 4.55. The van der Waals surface area contributed by atoms with Crippen LogP contribution in [0.1, 0.15) is 26.5 Å². The summed E-state index contributed by atoms with van der Waals surface area (Å²) in [6, 6.07) is 3.34. The maximum atomic E-state index is 13.2. The number of nitrogens with one attached hydrogen (secondary N) is 1. The van der Waals surface area contributed by atoms with Crippen LogP contribution in [0.5, 0.6) is 0 Å². The van der Waals surface area contributed by atoms with E-state index in [9.17, 15) is 24.6 Å². The lowest BCUT2D eigenvalue weighted by atomic mass is 9.97. The van der Waals surface area contributed by atoms with Crippen molar-refractivity contribution in [3.05, 3.63) is 46.9 Å². The van der Waals surface area contributed by atoms with Crippen molar-refractivity contribution in [3.63, 3.8) is 0 Å². The fourth-order valence-electron chi connectivity index (χ4n) is 3.88. The van der Waals surface area contributed by atoms with E-state index in [4.69, 9.17) is 15.3 Å². The van der Waals surface area contributed by atoms with E-state index < -0.39 is 41.8 Å². The molecule has 39 heavy (non-hydrogen) atoms. The highest BCUT2D eigenvalue weighted by Crippen LogP contribution is 2.37. The maximum absolute atomic E-state index is 13.2. The molecule has 4 rings (SSSR count). The highest BCUT2D eigenvalue weighted by atomic mass is 32.2. The van der Waals surface area contributed by atoms with Crippen LogP contribution in [0, 0.1) is 0 Å². The summed E-state index contributed by atoms with van der Waals surface area (Å²) in [4.78, 5) is 48.7. The van der Waals surface area contributed by atoms with Gasteiger partial charge < -0.3 is 35.7 Å². The molecule has 3 atom stereocenters. The first-order chi connectivity index (χ1) is 18.4. The molecule has 1 amide bonds. The quantitative estimate of drug-likeness (QED) is 0.136. The molecule has 1 saturated heterocycles. The number of ether oxygens (including phenoxy) is 1. The Morgan fingerprint density at radius 2 is 2.05 bits per heavy atom. The zero-order chi connectivity index (χ0) is 28.5. The Hall–Kier alpha value is -3.69. The number of anilines is 1. The van der Waals surface area contributed by atoms with Crippen LogP contribution in [0.15, 0.2) is 51.2 Å². The van der Waals surface area contributed by atoms with Crippen LogP contribution in [0.2, 0.25) is 0 Å². The Morgan fingerprint density at radius 1 is 1.36 bits per heavy atom. The molecule has 0 bridgehead atoms. The van der Waals surface area contributed by atoms with E-state index in [0.717, 1.165) is 16.2 Å². The summed E-state index contributed by atoms with van der Waals surface area (Å²) in [7, 11) is 1.92. The molecule has 0 saturated carbocycles. The molecule has 1 fully saturated rings. The molecule has 0 aliphatic carbocycles. The Labute approximate surface area is 232 Å². The molecule has 2 aromatic heterocycles. The van der Waals surface area contributed by atoms with E-state index in [0.29, 0.717) is 11.3 Å². The Balaban J connectivity index is 1.50. The number of hydrogen-bond donors (Lipinski definition) is 4. The number of fused-ring (bicyclic) bond motifs is 1. The number of hydrogen-bond acceptors (Lipinski definition) is 11. The SMILES string of the molecule is C[C@@H]1O[C@@H]2[C@H](NC(=O)/C(=N\OC(C)(C)C(=O)O)c3csc(N)n3)CN2C(C(=O)O)=C1CSc1cc[n+](C)cc1. The van der Waals surface area contributed by atoms with Gasteiger partial charge in [-0.05, 0) is 26.3 Å². The number of thioether (sulfide) groups is 1. The van der Waals surface area contributed by atoms with Gasteiger partial charge >= 0.3 is 11.9 Å². The van der Waals surface area contributed by atoms with E-state index in [1.54, 1.807) is 11.8 Å². The molecule has 0 unspecified atom stereocenters. The van der Waals surface area contributed by atoms with Crippen molar-refractivity contribution >= 4 is 51.8 Å². The fourth-order valence-corrected chi connectivity index (χ4v) is 5.44. The van der Waals surface area contributed by atoms with Gasteiger partial charge in [0, 0.05) is 34.7 Å². The van der Waals surface area contributed by atoms with Crippen molar-refractivity contribution in [1.82, 2.24) is 15.2 Å². The second kappa shape index (κ2) is 11.2. The number of aryl methyl sites for hydroxylation is 1. The first-order valence-corrected chi connectivity index (χ1v) is 13.7. The van der Waals surface area contributed by atoms with Gasteiger partial charge in [0.15, 0.2) is 29.5 Å². The number of nitrogens with zero attached hydrogens (tertiary/aromatic N) is 4. The molecule has 4 heterocycles. The summed E-state index contributed by atoms with van der Waals surface area (Å²) in [5.74, 6) is -2.61. The first-order valence-electron chi connectivity index (χ1n) is 11.9. The molecule has 13 nitrogen and oxygen atoms in total. The number of oxime groups is 1. The smallest absolute Gasteiger partial charge is 0.352 e. The molecule has 2 aliphatic heterocycles. The third-order valence-corrected chi connectivity index (χ3v) is 7.93. The van der Waals surface area contributed by atoms with Gasteiger partial charge in [-0.25, -0.2) is 19.1 Å². The minimum atomic E-state index is -1.70. The van der Waals surface area contributed by atoms with Crippen molar-refractivity contribution in [2.75, 3.05) is 18.0 Å². The predicted octanol–water partition coefficient (Wildman–Crippen LogP) is 0.810. The summed E-state index contributed by atoms with van der Waals surface area (Å²) >= 11 is 2.59. The van der Waals surface area contributed by atoms with Crippen molar-refractivity contribution in [3.8, 4) is 0 Å². The number of pyridine rings is 1. The van der Waals surface area contributed by atoms with Crippen molar-refractivity contribution in [2.24, 2.45) is 12.2 Å². The van der Waals surface area contributed by atoms with Gasteiger partial charge in [-0.1, -0.05) is 5.16 Å². The molecular weight excluding hydrogens is 548 g/mol. The Morgan fingerprint density at radius 3 is 2.64 bits per heavy atom. The number of aromatic nitrogens is 2. The minimum absolute atomic E-state index is 0.116. The second-order valence-electron chi connectivity index (χ2n) is 9.49. The normalized spacial score (nSPS) is 21.2. The van der Waals surface area contributed by atoms with Crippen LogP contribution in [-0.4, -0.2) is 79.9 Å². The summed E-state index contributed by atoms with van der Waals surface area (Å²) < 4.78 is 8.04. The van der Waals surface area contributed by atoms with Crippen molar-refractivity contribution in [1.29, 1.82) is 0 Å². The van der Waals surface area contributed by atoms with E-state index in [1.165, 1.54) is 31.0 Å². The third kappa shape index (κ3) is 6.15. The number of amides is 1. The van der Waals surface area contributed by atoms with E-state index in [2.05, 4.69) is 15.5 Å². The fraction of sp³-hybridized carbons (Fsp3) is 0.417. The van der Waals surface area contributed by atoms with Crippen LogP contribution in [-0.2, 0) is 31.0 Å². The lowest BCUT2D eigenvalue weighted by Crippen LogP contribution is -2.70. The number of rotatable bonds is 10. The first kappa shape index (κ1) is 28.3. The number of thiazole rings is 1. The number of carbonyl (C=O) groups is 3. The van der Waals surface area contributed by atoms with Gasteiger partial charge in [0.05, 0.1) is 12.1 Å². The van der Waals surface area contributed by atoms with Crippen LogP contribution in [0.25, 0.3) is 0 Å². The van der Waals surface area contributed by atoms with E-state index in [-0.39, 0.29) is 28.8 Å². The second-order valence-corrected chi connectivity index (χ2v) is 11.4. The summed E-state index contributed by atoms with van der Waals surface area (Å²) in [5.41, 5.74) is 4.67. The van der Waals surface area contributed by atoms with Gasteiger partial charge in [-0.2, -0.15) is 0 Å². The third-order valence-electron chi connectivity index (χ3n) is 6.19. The van der Waals surface area contributed by atoms with Crippen molar-refractivity contribution < 1.29 is 38.7 Å². The lowest BCUT2D eigenvalue weighted by Gasteiger charge is -2.53. The monoisotopic (exact) mass is 577 g/mol. The number of nitrogens with two attached hydrogens (primary N) is 1.